The van der Waals surface area contributed by atoms with Crippen molar-refractivity contribution in [3.8, 4) is 12.3 Å². The topological polar surface area (TPSA) is 33.2 Å². The maximum absolute atomic E-state index is 12.7. The number of aromatic nitrogens is 1. The van der Waals surface area contributed by atoms with E-state index in [1.807, 2.05) is 31.2 Å². The molecule has 6 heteroatoms. The summed E-state index contributed by atoms with van der Waals surface area (Å²) in [5.74, 6) is -0.621. The monoisotopic (exact) mass is 346 g/mol. The first-order valence-corrected chi connectivity index (χ1v) is 8.07. The fourth-order valence-corrected chi connectivity index (χ4v) is 2.70. The highest BCUT2D eigenvalue weighted by Crippen LogP contribution is 2.27. The van der Waals surface area contributed by atoms with Crippen LogP contribution in [0.2, 0.25) is 0 Å². The average molecular weight is 346 g/mol. The summed E-state index contributed by atoms with van der Waals surface area (Å²) in [5, 5.41) is 0.00317. The Morgan fingerprint density at radius 3 is 2.67 bits per heavy atom. The van der Waals surface area contributed by atoms with Crippen molar-refractivity contribution in [3.05, 3.63) is 59.3 Å². The van der Waals surface area contributed by atoms with Gasteiger partial charge in [0.15, 0.2) is 0 Å². The summed E-state index contributed by atoms with van der Waals surface area (Å²) in [5.41, 5.74) is 2.15. The molecule has 0 aliphatic rings. The Bertz CT molecular complexity index is 741. The van der Waals surface area contributed by atoms with Crippen molar-refractivity contribution in [2.75, 3.05) is 6.54 Å². The van der Waals surface area contributed by atoms with Crippen molar-refractivity contribution < 1.29 is 13.6 Å². The van der Waals surface area contributed by atoms with Gasteiger partial charge >= 0.3 is 0 Å². The lowest BCUT2D eigenvalue weighted by Gasteiger charge is -2.21. The van der Waals surface area contributed by atoms with E-state index in [4.69, 9.17) is 6.42 Å². The first-order valence-electron chi connectivity index (χ1n) is 7.19. The number of carbonyl (C=O) groups excluding carboxylic acids is 1. The van der Waals surface area contributed by atoms with Crippen molar-refractivity contribution in [1.29, 1.82) is 0 Å². The number of thioether (sulfide) groups is 1. The van der Waals surface area contributed by atoms with Crippen LogP contribution >= 0.6 is 11.8 Å². The molecule has 0 N–H and O–H groups in total. The van der Waals surface area contributed by atoms with E-state index in [1.54, 1.807) is 6.07 Å². The molecule has 1 amide bonds. The SMILES string of the molecule is C#CCN(Cc1ccc(C)cc1)C(=O)c1cccnc1SC(F)F. The zero-order valence-corrected chi connectivity index (χ0v) is 13.9. The number of alkyl halides is 2. The highest BCUT2D eigenvalue weighted by molar-refractivity contribution is 7.99. The van der Waals surface area contributed by atoms with Crippen LogP contribution in [0.4, 0.5) is 8.78 Å². The highest BCUT2D eigenvalue weighted by atomic mass is 32.2. The van der Waals surface area contributed by atoms with Crippen LogP contribution in [0.5, 0.6) is 0 Å². The Hall–Kier alpha value is -2.39. The lowest BCUT2D eigenvalue weighted by molar-refractivity contribution is 0.0761. The quantitative estimate of drug-likeness (QED) is 0.586. The van der Waals surface area contributed by atoms with Gasteiger partial charge in [0.25, 0.3) is 11.7 Å². The minimum atomic E-state index is -2.65. The lowest BCUT2D eigenvalue weighted by Crippen LogP contribution is -2.31. The number of aryl methyl sites for hydroxylation is 1. The standard InChI is InChI=1S/C18H16F2N2OS/c1-3-11-22(12-14-8-6-13(2)7-9-14)17(23)15-5-4-10-21-16(15)24-18(19)20/h1,4-10,18H,11-12H2,2H3. The highest BCUT2D eigenvalue weighted by Gasteiger charge is 2.21. The second-order valence-electron chi connectivity index (χ2n) is 5.09. The molecule has 0 bridgehead atoms. The van der Waals surface area contributed by atoms with E-state index in [1.165, 1.54) is 17.2 Å². The van der Waals surface area contributed by atoms with Crippen molar-refractivity contribution >= 4 is 17.7 Å². The van der Waals surface area contributed by atoms with Gasteiger partial charge in [-0.15, -0.1) is 6.42 Å². The first-order chi connectivity index (χ1) is 11.5. The number of carbonyl (C=O) groups is 1. The summed E-state index contributed by atoms with van der Waals surface area (Å²) in [6, 6.07) is 10.7. The molecule has 0 unspecified atom stereocenters. The van der Waals surface area contributed by atoms with Crippen LogP contribution in [0, 0.1) is 19.3 Å². The largest absolute Gasteiger partial charge is 0.323 e. The molecule has 0 aliphatic carbocycles. The molecule has 0 aliphatic heterocycles. The van der Waals surface area contributed by atoms with E-state index in [9.17, 15) is 13.6 Å². The molecule has 2 aromatic rings. The number of halogens is 2. The number of rotatable bonds is 6. The number of hydrogen-bond donors (Lipinski definition) is 0. The normalized spacial score (nSPS) is 10.5. The Labute approximate surface area is 144 Å². The molecule has 0 saturated heterocycles. The van der Waals surface area contributed by atoms with Gasteiger partial charge in [-0.1, -0.05) is 35.7 Å². The number of hydrogen-bond acceptors (Lipinski definition) is 3. The van der Waals surface area contributed by atoms with E-state index >= 15 is 0 Å². The van der Waals surface area contributed by atoms with Gasteiger partial charge in [0, 0.05) is 12.7 Å². The van der Waals surface area contributed by atoms with Crippen LogP contribution in [0.25, 0.3) is 0 Å². The number of pyridine rings is 1. The van der Waals surface area contributed by atoms with Crippen LogP contribution < -0.4 is 0 Å². The molecular formula is C18H16F2N2OS. The average Bonchev–Trinajstić information content (AvgIpc) is 2.56. The van der Waals surface area contributed by atoms with Crippen LogP contribution in [0.3, 0.4) is 0 Å². The van der Waals surface area contributed by atoms with Crippen LogP contribution in [-0.4, -0.2) is 28.1 Å². The number of benzene rings is 1. The first kappa shape index (κ1) is 18.0. The second-order valence-corrected chi connectivity index (χ2v) is 6.06. The molecule has 2 rings (SSSR count). The molecule has 24 heavy (non-hydrogen) atoms. The summed E-state index contributed by atoms with van der Waals surface area (Å²) >= 11 is 0.254. The van der Waals surface area contributed by atoms with Gasteiger partial charge in [-0.25, -0.2) is 4.98 Å². The molecule has 3 nitrogen and oxygen atoms in total. The summed E-state index contributed by atoms with van der Waals surface area (Å²) in [6.07, 6.45) is 6.74. The van der Waals surface area contributed by atoms with E-state index in [0.29, 0.717) is 6.54 Å². The molecule has 124 valence electrons. The van der Waals surface area contributed by atoms with Gasteiger partial charge < -0.3 is 4.90 Å². The molecule has 0 radical (unpaired) electrons. The maximum Gasteiger partial charge on any atom is 0.290 e. The minimum Gasteiger partial charge on any atom is -0.323 e. The van der Waals surface area contributed by atoms with Gasteiger partial charge in [0.05, 0.1) is 12.1 Å². The number of nitrogens with zero attached hydrogens (tertiary/aromatic N) is 2. The number of terminal acetylenes is 1. The van der Waals surface area contributed by atoms with Gasteiger partial charge in [0.2, 0.25) is 0 Å². The fraction of sp³-hybridized carbons (Fsp3) is 0.222. The van der Waals surface area contributed by atoms with Crippen LogP contribution in [-0.2, 0) is 6.54 Å². The zero-order chi connectivity index (χ0) is 17.5. The Morgan fingerprint density at radius 2 is 2.04 bits per heavy atom. The summed E-state index contributed by atoms with van der Waals surface area (Å²) < 4.78 is 25.3. The Balaban J connectivity index is 2.26. The predicted octanol–water partition coefficient (Wildman–Crippen LogP) is 3.98. The molecular weight excluding hydrogens is 330 g/mol. The third-order valence-corrected chi connectivity index (χ3v) is 3.99. The molecule has 0 atom stereocenters. The Kier molecular flexibility index (Phi) is 6.33. The summed E-state index contributed by atoms with van der Waals surface area (Å²) in [6.45, 7) is 2.36. The van der Waals surface area contributed by atoms with E-state index < -0.39 is 11.7 Å². The van der Waals surface area contributed by atoms with Crippen LogP contribution in [0.1, 0.15) is 21.5 Å². The van der Waals surface area contributed by atoms with Gasteiger partial charge in [-0.05, 0) is 36.4 Å². The summed E-state index contributed by atoms with van der Waals surface area (Å²) in [7, 11) is 0. The van der Waals surface area contributed by atoms with E-state index in [-0.39, 0.29) is 28.9 Å². The predicted molar refractivity (Wildman–Crippen MR) is 90.9 cm³/mol. The summed E-state index contributed by atoms with van der Waals surface area (Å²) in [4.78, 5) is 18.1. The molecule has 1 aromatic heterocycles. The zero-order valence-electron chi connectivity index (χ0n) is 13.1. The fourth-order valence-electron chi connectivity index (χ4n) is 2.13. The van der Waals surface area contributed by atoms with Crippen molar-refractivity contribution in [1.82, 2.24) is 9.88 Å². The van der Waals surface area contributed by atoms with Crippen molar-refractivity contribution in [2.24, 2.45) is 0 Å². The molecule has 0 saturated carbocycles. The third kappa shape index (κ3) is 4.80. The van der Waals surface area contributed by atoms with Gasteiger partial charge in [0.1, 0.15) is 5.03 Å². The van der Waals surface area contributed by atoms with Crippen molar-refractivity contribution in [3.63, 3.8) is 0 Å². The molecule has 0 fully saturated rings. The van der Waals surface area contributed by atoms with E-state index in [0.717, 1.165) is 11.1 Å². The molecule has 0 spiro atoms. The third-order valence-electron chi connectivity index (χ3n) is 3.27. The van der Waals surface area contributed by atoms with E-state index in [2.05, 4.69) is 10.9 Å². The van der Waals surface area contributed by atoms with Gasteiger partial charge in [-0.2, -0.15) is 8.78 Å². The smallest absolute Gasteiger partial charge is 0.290 e. The second kappa shape index (κ2) is 8.46. The molecule has 1 heterocycles. The molecule has 1 aromatic carbocycles. The maximum atomic E-state index is 12.7. The number of amides is 1. The Morgan fingerprint density at radius 1 is 1.33 bits per heavy atom. The minimum absolute atomic E-state index is 0.00317. The lowest BCUT2D eigenvalue weighted by atomic mass is 10.1. The van der Waals surface area contributed by atoms with Crippen molar-refractivity contribution in [2.45, 2.75) is 24.3 Å². The van der Waals surface area contributed by atoms with Gasteiger partial charge in [-0.3, -0.25) is 4.79 Å². The van der Waals surface area contributed by atoms with Crippen LogP contribution in [0.15, 0.2) is 47.6 Å².